The first kappa shape index (κ1) is 20.9. The second kappa shape index (κ2) is 8.97. The van der Waals surface area contributed by atoms with Gasteiger partial charge in [-0.3, -0.25) is 0 Å². The van der Waals surface area contributed by atoms with Crippen molar-refractivity contribution >= 4 is 0 Å². The molecule has 2 aliphatic heterocycles. The Morgan fingerprint density at radius 2 is 1.48 bits per heavy atom. The molecular weight excluding hydrogens is 344 g/mol. The quantitative estimate of drug-likeness (QED) is 0.248. The molecule has 0 aromatic carbocycles. The number of hydrogen-bond acceptors (Lipinski definition) is 11. The van der Waals surface area contributed by atoms with Crippen LogP contribution in [0.2, 0.25) is 0 Å². The average molecular weight is 370 g/mol. The van der Waals surface area contributed by atoms with Gasteiger partial charge in [0.2, 0.25) is 0 Å². The van der Waals surface area contributed by atoms with E-state index in [1.54, 1.807) is 0 Å². The van der Waals surface area contributed by atoms with E-state index in [1.807, 2.05) is 0 Å². The Bertz CT molecular complexity index is 408. The lowest BCUT2D eigenvalue weighted by Crippen LogP contribution is -2.61. The predicted molar refractivity (Wildman–Crippen MR) is 78.0 cm³/mol. The fraction of sp³-hybridized carbons (Fsp3) is 1.00. The molecule has 2 fully saturated rings. The molecule has 10 atom stereocenters. The van der Waals surface area contributed by atoms with Crippen molar-refractivity contribution in [3.8, 4) is 0 Å². The third kappa shape index (κ3) is 4.28. The molecule has 0 aromatic rings. The molecule has 2 rings (SSSR count). The minimum atomic E-state index is -1.68. The maximum atomic E-state index is 10.3. The van der Waals surface area contributed by atoms with Crippen LogP contribution < -0.4 is 0 Å². The van der Waals surface area contributed by atoms with Gasteiger partial charge in [0.25, 0.3) is 0 Å². The molecule has 0 saturated carbocycles. The van der Waals surface area contributed by atoms with E-state index in [4.69, 9.17) is 18.9 Å². The number of ether oxygens (including phenoxy) is 4. The maximum Gasteiger partial charge on any atom is 0.187 e. The first-order valence-electron chi connectivity index (χ1n) is 7.93. The summed E-state index contributed by atoms with van der Waals surface area (Å²) >= 11 is 0. The molecule has 11 heteroatoms. The molecule has 0 spiro atoms. The lowest BCUT2D eigenvalue weighted by molar-refractivity contribution is -0.324. The highest BCUT2D eigenvalue weighted by Gasteiger charge is 2.48. The zero-order valence-electron chi connectivity index (χ0n) is 13.7. The summed E-state index contributed by atoms with van der Waals surface area (Å²) < 4.78 is 20.9. The Morgan fingerprint density at radius 1 is 0.840 bits per heavy atom. The molecule has 11 nitrogen and oxygen atoms in total. The summed E-state index contributed by atoms with van der Waals surface area (Å²) in [4.78, 5) is 0. The summed E-state index contributed by atoms with van der Waals surface area (Å²) in [7, 11) is 1.27. The summed E-state index contributed by atoms with van der Waals surface area (Å²) in [5, 5.41) is 68.7. The third-order valence-electron chi connectivity index (χ3n) is 4.51. The van der Waals surface area contributed by atoms with Crippen molar-refractivity contribution in [1.29, 1.82) is 0 Å². The molecular formula is C14H26O11. The Morgan fingerprint density at radius 3 is 2.04 bits per heavy atom. The topological polar surface area (TPSA) is 179 Å². The zero-order valence-corrected chi connectivity index (χ0v) is 13.7. The van der Waals surface area contributed by atoms with Gasteiger partial charge >= 0.3 is 0 Å². The van der Waals surface area contributed by atoms with Gasteiger partial charge in [0.1, 0.15) is 36.6 Å². The Labute approximate surface area is 143 Å². The minimum absolute atomic E-state index is 0.120. The first-order chi connectivity index (χ1) is 11.8. The van der Waals surface area contributed by atoms with Gasteiger partial charge in [-0.1, -0.05) is 0 Å². The van der Waals surface area contributed by atoms with Crippen molar-refractivity contribution in [1.82, 2.24) is 0 Å². The van der Waals surface area contributed by atoms with Gasteiger partial charge < -0.3 is 54.7 Å². The van der Waals surface area contributed by atoms with Crippen LogP contribution in [0.25, 0.3) is 0 Å². The minimum Gasteiger partial charge on any atom is -0.396 e. The van der Waals surface area contributed by atoms with Crippen LogP contribution in [0.5, 0.6) is 0 Å². The summed E-state index contributed by atoms with van der Waals surface area (Å²) in [6.45, 7) is -1.23. The molecule has 2 saturated heterocycles. The summed E-state index contributed by atoms with van der Waals surface area (Å²) in [6, 6.07) is 0. The van der Waals surface area contributed by atoms with Gasteiger partial charge in [-0.2, -0.15) is 0 Å². The van der Waals surface area contributed by atoms with Crippen LogP contribution in [-0.2, 0) is 18.9 Å². The lowest BCUT2D eigenvalue weighted by atomic mass is 9.95. The zero-order chi connectivity index (χ0) is 18.7. The van der Waals surface area contributed by atoms with Gasteiger partial charge in [-0.15, -0.1) is 0 Å². The molecule has 148 valence electrons. The van der Waals surface area contributed by atoms with Crippen molar-refractivity contribution < 1.29 is 54.7 Å². The maximum absolute atomic E-state index is 10.3. The number of aliphatic hydroxyl groups excluding tert-OH is 7. The van der Waals surface area contributed by atoms with E-state index in [-0.39, 0.29) is 6.61 Å². The Hall–Kier alpha value is -0.440. The van der Waals surface area contributed by atoms with Crippen LogP contribution in [0.3, 0.4) is 0 Å². The summed E-state index contributed by atoms with van der Waals surface area (Å²) in [5.74, 6) is -0.794. The molecule has 0 amide bonds. The second-order valence-corrected chi connectivity index (χ2v) is 6.16. The van der Waals surface area contributed by atoms with Crippen molar-refractivity contribution in [2.75, 3.05) is 26.9 Å². The number of methoxy groups -OCH3 is 1. The van der Waals surface area contributed by atoms with Crippen LogP contribution in [0.15, 0.2) is 0 Å². The fourth-order valence-corrected chi connectivity index (χ4v) is 2.94. The molecule has 2 aliphatic rings. The van der Waals surface area contributed by atoms with Crippen molar-refractivity contribution in [2.45, 2.75) is 55.3 Å². The van der Waals surface area contributed by atoms with Crippen molar-refractivity contribution in [2.24, 2.45) is 5.92 Å². The third-order valence-corrected chi connectivity index (χ3v) is 4.51. The van der Waals surface area contributed by atoms with Crippen molar-refractivity contribution in [3.05, 3.63) is 0 Å². The predicted octanol–water partition coefficient (Wildman–Crippen LogP) is -4.50. The average Bonchev–Trinajstić information content (AvgIpc) is 2.73. The molecule has 25 heavy (non-hydrogen) atoms. The molecule has 6 unspecified atom stereocenters. The standard InChI is InChI=1S/C14H26O11/c1-22-13-11(21)9(19)12(5(2-15)4-23-13)25-14-10(20)8(18)7(17)6(3-16)24-14/h5-21H,2-4H2,1H3/t5?,6?,7-,8?,9?,10?,11?,12-,13-,14+/m1/s1. The van der Waals surface area contributed by atoms with Crippen LogP contribution >= 0.6 is 0 Å². The summed E-state index contributed by atoms with van der Waals surface area (Å²) in [6.07, 6.45) is -13.0. The van der Waals surface area contributed by atoms with Crippen LogP contribution in [0, 0.1) is 5.92 Å². The van der Waals surface area contributed by atoms with Gasteiger partial charge in [0.05, 0.1) is 25.9 Å². The number of aliphatic hydroxyl groups is 7. The van der Waals surface area contributed by atoms with Crippen LogP contribution in [-0.4, -0.2) is 118 Å². The van der Waals surface area contributed by atoms with E-state index < -0.39 is 74.4 Å². The molecule has 7 N–H and O–H groups in total. The lowest BCUT2D eigenvalue weighted by Gasteiger charge is -2.42. The van der Waals surface area contributed by atoms with E-state index >= 15 is 0 Å². The molecule has 0 aromatic heterocycles. The normalized spacial score (nSPS) is 49.0. The molecule has 0 bridgehead atoms. The summed E-state index contributed by atoms with van der Waals surface area (Å²) in [5.41, 5.74) is 0. The first-order valence-corrected chi connectivity index (χ1v) is 7.93. The highest BCUT2D eigenvalue weighted by Crippen LogP contribution is 2.29. The Kier molecular flexibility index (Phi) is 7.49. The van der Waals surface area contributed by atoms with E-state index in [0.717, 1.165) is 0 Å². The monoisotopic (exact) mass is 370 g/mol. The second-order valence-electron chi connectivity index (χ2n) is 6.16. The van der Waals surface area contributed by atoms with E-state index in [9.17, 15) is 35.7 Å². The van der Waals surface area contributed by atoms with Crippen molar-refractivity contribution in [3.63, 3.8) is 0 Å². The molecule has 0 aliphatic carbocycles. The number of rotatable bonds is 5. The smallest absolute Gasteiger partial charge is 0.187 e. The SMILES string of the molecule is CO[C@@H]1OCC(CO)[C@@H](O[C@@H]2OC(CO)[C@@H](O)C(O)C2O)C(O)C1O. The largest absolute Gasteiger partial charge is 0.396 e. The van der Waals surface area contributed by atoms with E-state index in [0.29, 0.717) is 0 Å². The van der Waals surface area contributed by atoms with Gasteiger partial charge in [0.15, 0.2) is 12.6 Å². The Balaban J connectivity index is 2.16. The van der Waals surface area contributed by atoms with Crippen LogP contribution in [0.4, 0.5) is 0 Å². The highest BCUT2D eigenvalue weighted by molar-refractivity contribution is 4.92. The van der Waals surface area contributed by atoms with Gasteiger partial charge in [0, 0.05) is 13.0 Å². The van der Waals surface area contributed by atoms with Gasteiger partial charge in [-0.05, 0) is 0 Å². The van der Waals surface area contributed by atoms with Crippen LogP contribution in [0.1, 0.15) is 0 Å². The van der Waals surface area contributed by atoms with Gasteiger partial charge in [-0.25, -0.2) is 0 Å². The molecule has 2 heterocycles. The van der Waals surface area contributed by atoms with E-state index in [2.05, 4.69) is 0 Å². The van der Waals surface area contributed by atoms with E-state index in [1.165, 1.54) is 7.11 Å². The number of hydrogen-bond donors (Lipinski definition) is 7. The fourth-order valence-electron chi connectivity index (χ4n) is 2.94. The highest BCUT2D eigenvalue weighted by atomic mass is 16.7. The molecule has 0 radical (unpaired) electrons.